The Morgan fingerprint density at radius 1 is 1.26 bits per heavy atom. The summed E-state index contributed by atoms with van der Waals surface area (Å²) in [6.07, 6.45) is -3.70. The number of nitriles is 1. The van der Waals surface area contributed by atoms with Gasteiger partial charge in [0.1, 0.15) is 11.8 Å². The van der Waals surface area contributed by atoms with Crippen molar-refractivity contribution in [2.45, 2.75) is 6.36 Å². The maximum absolute atomic E-state index is 12.6. The van der Waals surface area contributed by atoms with Crippen molar-refractivity contribution in [1.29, 1.82) is 5.26 Å². The first-order valence-electron chi connectivity index (χ1n) is 7.43. The van der Waals surface area contributed by atoms with Gasteiger partial charge in [-0.05, 0) is 30.3 Å². The predicted molar refractivity (Wildman–Crippen MR) is 96.7 cm³/mol. The molecule has 3 aromatic rings. The molecule has 136 valence electrons. The van der Waals surface area contributed by atoms with Gasteiger partial charge in [-0.15, -0.1) is 13.2 Å². The average molecular weight is 436 g/mol. The van der Waals surface area contributed by atoms with E-state index >= 15 is 0 Å². The van der Waals surface area contributed by atoms with Crippen molar-refractivity contribution in [3.8, 4) is 11.8 Å². The number of alkyl halides is 3. The number of hydrogen-bond acceptors (Lipinski definition) is 4. The number of fused-ring (bicyclic) bond motifs is 1. The molecule has 0 spiro atoms. The SMILES string of the molecule is N#C/C(=C\c1ccccc1OC(F)(F)F)c1nc2ccc(Br)cc2c(=O)[nH]1. The third-order valence-electron chi connectivity index (χ3n) is 3.49. The highest BCUT2D eigenvalue weighted by Gasteiger charge is 2.31. The zero-order valence-electron chi connectivity index (χ0n) is 13.3. The average Bonchev–Trinajstić information content (AvgIpc) is 2.60. The molecule has 3 rings (SSSR count). The Labute approximate surface area is 158 Å². The number of aromatic nitrogens is 2. The number of nitrogens with zero attached hydrogens (tertiary/aromatic N) is 2. The summed E-state index contributed by atoms with van der Waals surface area (Å²) in [6.45, 7) is 0. The van der Waals surface area contributed by atoms with Crippen molar-refractivity contribution in [3.05, 3.63) is 68.7 Å². The van der Waals surface area contributed by atoms with E-state index in [1.165, 1.54) is 24.3 Å². The first-order chi connectivity index (χ1) is 12.8. The summed E-state index contributed by atoms with van der Waals surface area (Å²) in [6, 6.07) is 12.0. The molecule has 0 aliphatic carbocycles. The molecule has 1 N–H and O–H groups in total. The summed E-state index contributed by atoms with van der Waals surface area (Å²) in [5.74, 6) is -0.524. The van der Waals surface area contributed by atoms with Crippen LogP contribution in [-0.2, 0) is 0 Å². The lowest BCUT2D eigenvalue weighted by molar-refractivity contribution is -0.274. The Hall–Kier alpha value is -3.12. The van der Waals surface area contributed by atoms with Gasteiger partial charge < -0.3 is 9.72 Å². The van der Waals surface area contributed by atoms with E-state index in [9.17, 15) is 23.2 Å². The van der Waals surface area contributed by atoms with Crippen LogP contribution in [0.1, 0.15) is 11.4 Å². The number of benzene rings is 2. The Bertz CT molecular complexity index is 1150. The van der Waals surface area contributed by atoms with E-state index in [0.717, 1.165) is 6.07 Å². The second-order valence-electron chi connectivity index (χ2n) is 5.33. The number of nitrogens with one attached hydrogen (secondary N) is 1. The third kappa shape index (κ3) is 4.35. The molecule has 1 heterocycles. The molecule has 0 unspecified atom stereocenters. The van der Waals surface area contributed by atoms with Crippen LogP contribution in [0, 0.1) is 11.3 Å². The van der Waals surface area contributed by atoms with Crippen LogP contribution < -0.4 is 10.3 Å². The van der Waals surface area contributed by atoms with Gasteiger partial charge in [0.15, 0.2) is 5.82 Å². The molecule has 27 heavy (non-hydrogen) atoms. The third-order valence-corrected chi connectivity index (χ3v) is 3.98. The second-order valence-corrected chi connectivity index (χ2v) is 6.25. The Morgan fingerprint density at radius 3 is 2.70 bits per heavy atom. The number of rotatable bonds is 3. The van der Waals surface area contributed by atoms with Crippen molar-refractivity contribution in [2.75, 3.05) is 0 Å². The van der Waals surface area contributed by atoms with Crippen molar-refractivity contribution in [3.63, 3.8) is 0 Å². The summed E-state index contributed by atoms with van der Waals surface area (Å²) in [4.78, 5) is 18.9. The molecule has 5 nitrogen and oxygen atoms in total. The Balaban J connectivity index is 2.12. The molecule has 0 amide bonds. The fourth-order valence-electron chi connectivity index (χ4n) is 2.36. The van der Waals surface area contributed by atoms with Crippen LogP contribution in [0.25, 0.3) is 22.6 Å². The number of halogens is 4. The minimum atomic E-state index is -4.88. The number of ether oxygens (including phenoxy) is 1. The predicted octanol–water partition coefficient (Wildman–Crippen LogP) is 4.65. The molecule has 0 radical (unpaired) electrons. The van der Waals surface area contributed by atoms with Crippen molar-refractivity contribution in [2.24, 2.45) is 0 Å². The zero-order chi connectivity index (χ0) is 19.6. The Morgan fingerprint density at radius 2 is 2.00 bits per heavy atom. The van der Waals surface area contributed by atoms with Crippen LogP contribution in [0.15, 0.2) is 51.7 Å². The van der Waals surface area contributed by atoms with Crippen LogP contribution >= 0.6 is 15.9 Å². The van der Waals surface area contributed by atoms with E-state index in [0.29, 0.717) is 15.4 Å². The van der Waals surface area contributed by atoms with Gasteiger partial charge in [-0.3, -0.25) is 4.79 Å². The zero-order valence-corrected chi connectivity index (χ0v) is 14.9. The number of para-hydroxylation sites is 1. The molecule has 0 fully saturated rings. The van der Waals surface area contributed by atoms with Crippen LogP contribution in [-0.4, -0.2) is 16.3 Å². The topological polar surface area (TPSA) is 78.8 Å². The fraction of sp³-hybridized carbons (Fsp3) is 0.0556. The molecule has 0 aliphatic heterocycles. The number of allylic oxidation sites excluding steroid dienone is 1. The molecule has 9 heteroatoms. The summed E-state index contributed by atoms with van der Waals surface area (Å²) < 4.78 is 42.3. The summed E-state index contributed by atoms with van der Waals surface area (Å²) in [5, 5.41) is 9.73. The first kappa shape index (κ1) is 18.7. The van der Waals surface area contributed by atoms with Crippen molar-refractivity contribution >= 4 is 38.5 Å². The molecule has 0 saturated heterocycles. The summed E-state index contributed by atoms with van der Waals surface area (Å²) >= 11 is 3.25. The molecule has 0 bridgehead atoms. The van der Waals surface area contributed by atoms with E-state index in [4.69, 9.17) is 0 Å². The molecule has 0 atom stereocenters. The van der Waals surface area contributed by atoms with Gasteiger partial charge in [-0.2, -0.15) is 5.26 Å². The maximum atomic E-state index is 12.6. The van der Waals surface area contributed by atoms with Gasteiger partial charge in [0, 0.05) is 10.0 Å². The van der Waals surface area contributed by atoms with Gasteiger partial charge >= 0.3 is 6.36 Å². The minimum Gasteiger partial charge on any atom is -0.405 e. The van der Waals surface area contributed by atoms with Gasteiger partial charge in [0.25, 0.3) is 5.56 Å². The molecule has 0 saturated carbocycles. The molecule has 2 aromatic carbocycles. The standard InChI is InChI=1S/C18H9BrF3N3O2/c19-12-5-6-14-13(8-12)17(26)25-16(24-14)11(9-23)7-10-3-1-2-4-15(10)27-18(20,21)22/h1-8H,(H,24,25,26)/b11-7+. The smallest absolute Gasteiger partial charge is 0.405 e. The monoisotopic (exact) mass is 435 g/mol. The van der Waals surface area contributed by atoms with E-state index in [-0.39, 0.29) is 17.0 Å². The highest BCUT2D eigenvalue weighted by Crippen LogP contribution is 2.29. The van der Waals surface area contributed by atoms with Crippen LogP contribution in [0.4, 0.5) is 13.2 Å². The van der Waals surface area contributed by atoms with Crippen LogP contribution in [0.5, 0.6) is 5.75 Å². The van der Waals surface area contributed by atoms with E-state index in [2.05, 4.69) is 30.6 Å². The molecule has 0 aliphatic rings. The van der Waals surface area contributed by atoms with Gasteiger partial charge in [-0.1, -0.05) is 34.1 Å². The van der Waals surface area contributed by atoms with Gasteiger partial charge in [-0.25, -0.2) is 4.98 Å². The highest BCUT2D eigenvalue weighted by atomic mass is 79.9. The number of aromatic amines is 1. The highest BCUT2D eigenvalue weighted by molar-refractivity contribution is 9.10. The van der Waals surface area contributed by atoms with E-state index in [1.54, 1.807) is 18.2 Å². The Kier molecular flexibility index (Phi) is 5.01. The second kappa shape index (κ2) is 7.25. The largest absolute Gasteiger partial charge is 0.573 e. The van der Waals surface area contributed by atoms with Crippen molar-refractivity contribution < 1.29 is 17.9 Å². The fourth-order valence-corrected chi connectivity index (χ4v) is 2.73. The number of H-pyrrole nitrogens is 1. The van der Waals surface area contributed by atoms with Gasteiger partial charge in [0.2, 0.25) is 0 Å². The maximum Gasteiger partial charge on any atom is 0.573 e. The van der Waals surface area contributed by atoms with E-state index in [1.807, 2.05) is 6.07 Å². The summed E-state index contributed by atoms with van der Waals surface area (Å²) in [7, 11) is 0. The lowest BCUT2D eigenvalue weighted by Crippen LogP contribution is -2.17. The van der Waals surface area contributed by atoms with Crippen LogP contribution in [0.3, 0.4) is 0 Å². The first-order valence-corrected chi connectivity index (χ1v) is 8.22. The van der Waals surface area contributed by atoms with E-state index < -0.39 is 17.7 Å². The lowest BCUT2D eigenvalue weighted by Gasteiger charge is -2.11. The van der Waals surface area contributed by atoms with Gasteiger partial charge in [0.05, 0.1) is 16.5 Å². The molecular weight excluding hydrogens is 427 g/mol. The van der Waals surface area contributed by atoms with Crippen molar-refractivity contribution in [1.82, 2.24) is 9.97 Å². The normalized spacial score (nSPS) is 12.0. The van der Waals surface area contributed by atoms with Crippen LogP contribution in [0.2, 0.25) is 0 Å². The minimum absolute atomic E-state index is 0.0185. The summed E-state index contributed by atoms with van der Waals surface area (Å²) in [5.41, 5.74) is -0.227. The lowest BCUT2D eigenvalue weighted by atomic mass is 10.1. The quantitative estimate of drug-likeness (QED) is 0.607. The molecule has 1 aromatic heterocycles. The molecular formula is C18H9BrF3N3O2. The number of hydrogen-bond donors (Lipinski definition) is 1.